The Kier molecular flexibility index (Phi) is 7.95. The van der Waals surface area contributed by atoms with Crippen molar-refractivity contribution in [2.75, 3.05) is 6.61 Å². The number of carbonyl (C=O) groups excluding carboxylic acids is 1. The third kappa shape index (κ3) is 5.35. The van der Waals surface area contributed by atoms with Crippen molar-refractivity contribution in [3.63, 3.8) is 0 Å². The van der Waals surface area contributed by atoms with E-state index in [-0.39, 0.29) is 11.5 Å². The average Bonchev–Trinajstić information content (AvgIpc) is 2.69. The number of ketones is 1. The van der Waals surface area contributed by atoms with Gasteiger partial charge in [0.25, 0.3) is 0 Å². The summed E-state index contributed by atoms with van der Waals surface area (Å²) in [5.74, 6) is -4.23. The summed E-state index contributed by atoms with van der Waals surface area (Å²) in [7, 11) is 0. The van der Waals surface area contributed by atoms with E-state index in [4.69, 9.17) is 14.6 Å². The lowest BCUT2D eigenvalue weighted by atomic mass is 9.84. The van der Waals surface area contributed by atoms with Crippen LogP contribution < -0.4 is 4.74 Å². The number of Topliss-reactive ketones (excluding diaryl/α,β-unsaturated/α-hetero) is 1. The quantitative estimate of drug-likeness (QED) is 0.372. The first-order valence-electron chi connectivity index (χ1n) is 9.85. The van der Waals surface area contributed by atoms with Gasteiger partial charge in [-0.2, -0.15) is 0 Å². The molecule has 0 spiro atoms. The standard InChI is InChI=1S/C21H30O9/c1-11-8-14(5-4-12(2)23)6-7-17(11)29-21(20(27)28)9-15(24)13(3)19(30-21)18(26)16(25)10-22/h6-8,13,15-16,18-19,22,24-26H,4-5,9-10H2,1-3H3,(H,27,28). The van der Waals surface area contributed by atoms with Crippen LogP contribution in [0.1, 0.15) is 37.8 Å². The van der Waals surface area contributed by atoms with Crippen LogP contribution in [-0.4, -0.2) is 74.1 Å². The molecule has 0 amide bonds. The second-order valence-electron chi connectivity index (χ2n) is 7.92. The topological polar surface area (TPSA) is 154 Å². The number of aryl methyl sites for hydroxylation is 2. The van der Waals surface area contributed by atoms with E-state index in [2.05, 4.69) is 0 Å². The number of rotatable bonds is 9. The second kappa shape index (κ2) is 9.84. The van der Waals surface area contributed by atoms with Gasteiger partial charge in [0.15, 0.2) is 0 Å². The minimum Gasteiger partial charge on any atom is -0.476 e. The summed E-state index contributed by atoms with van der Waals surface area (Å²) in [4.78, 5) is 23.3. The average molecular weight is 426 g/mol. The van der Waals surface area contributed by atoms with Crippen LogP contribution in [0.3, 0.4) is 0 Å². The van der Waals surface area contributed by atoms with Crippen molar-refractivity contribution >= 4 is 11.8 Å². The lowest BCUT2D eigenvalue weighted by Gasteiger charge is -2.45. The summed E-state index contributed by atoms with van der Waals surface area (Å²) in [6.45, 7) is 4.01. The molecule has 5 N–H and O–H groups in total. The maximum absolute atomic E-state index is 12.1. The van der Waals surface area contributed by atoms with Gasteiger partial charge in [0.2, 0.25) is 0 Å². The maximum Gasteiger partial charge on any atom is 0.377 e. The van der Waals surface area contributed by atoms with Crippen LogP contribution >= 0.6 is 0 Å². The molecule has 0 saturated carbocycles. The summed E-state index contributed by atoms with van der Waals surface area (Å²) >= 11 is 0. The highest BCUT2D eigenvalue weighted by molar-refractivity contribution is 5.77. The summed E-state index contributed by atoms with van der Waals surface area (Å²) < 4.78 is 11.3. The minimum atomic E-state index is -2.29. The lowest BCUT2D eigenvalue weighted by Crippen LogP contribution is -2.62. The van der Waals surface area contributed by atoms with Crippen LogP contribution in [0, 0.1) is 12.8 Å². The first kappa shape index (κ1) is 24.2. The van der Waals surface area contributed by atoms with E-state index < -0.39 is 55.1 Å². The summed E-state index contributed by atoms with van der Waals surface area (Å²) in [5.41, 5.74) is 1.50. The van der Waals surface area contributed by atoms with E-state index in [9.17, 15) is 30.0 Å². The van der Waals surface area contributed by atoms with Gasteiger partial charge in [0, 0.05) is 12.3 Å². The molecule has 9 heteroatoms. The molecule has 9 nitrogen and oxygen atoms in total. The molecule has 6 atom stereocenters. The second-order valence-corrected chi connectivity index (χ2v) is 7.92. The van der Waals surface area contributed by atoms with Crippen LogP contribution in [0.25, 0.3) is 0 Å². The van der Waals surface area contributed by atoms with Crippen molar-refractivity contribution < 1.29 is 44.6 Å². The van der Waals surface area contributed by atoms with Gasteiger partial charge in [-0.3, -0.25) is 0 Å². The Bertz CT molecular complexity index is 765. The molecule has 1 aromatic carbocycles. The van der Waals surface area contributed by atoms with Gasteiger partial charge in [-0.1, -0.05) is 19.1 Å². The molecule has 0 aromatic heterocycles. The molecule has 6 unspecified atom stereocenters. The Morgan fingerprint density at radius 2 is 2.00 bits per heavy atom. The molecule has 0 aliphatic carbocycles. The Labute approximate surface area is 174 Å². The number of hydrogen-bond acceptors (Lipinski definition) is 8. The van der Waals surface area contributed by atoms with Crippen molar-refractivity contribution in [2.45, 2.75) is 70.2 Å². The van der Waals surface area contributed by atoms with E-state index in [0.29, 0.717) is 18.4 Å². The number of aliphatic hydroxyl groups is 4. The van der Waals surface area contributed by atoms with Crippen molar-refractivity contribution in [1.82, 2.24) is 0 Å². The van der Waals surface area contributed by atoms with Gasteiger partial charge in [-0.15, -0.1) is 0 Å². The molecular weight excluding hydrogens is 396 g/mol. The largest absolute Gasteiger partial charge is 0.476 e. The molecule has 1 aliphatic heterocycles. The molecule has 1 saturated heterocycles. The Morgan fingerprint density at radius 3 is 2.53 bits per heavy atom. The van der Waals surface area contributed by atoms with Crippen LogP contribution in [0.2, 0.25) is 0 Å². The zero-order valence-electron chi connectivity index (χ0n) is 17.3. The predicted molar refractivity (Wildman–Crippen MR) is 105 cm³/mol. The predicted octanol–water partition coefficient (Wildman–Crippen LogP) is 0.176. The maximum atomic E-state index is 12.1. The van der Waals surface area contributed by atoms with Crippen molar-refractivity contribution in [3.8, 4) is 5.75 Å². The zero-order valence-corrected chi connectivity index (χ0v) is 17.3. The number of aliphatic carboxylic acids is 1. The molecule has 168 valence electrons. The number of carbonyl (C=O) groups is 2. The molecule has 2 rings (SSSR count). The lowest BCUT2D eigenvalue weighted by molar-refractivity contribution is -0.291. The number of aliphatic hydroxyl groups excluding tert-OH is 4. The number of ether oxygens (including phenoxy) is 2. The smallest absolute Gasteiger partial charge is 0.377 e. The van der Waals surface area contributed by atoms with Crippen LogP contribution in [0.4, 0.5) is 0 Å². The highest BCUT2D eigenvalue weighted by Crippen LogP contribution is 2.38. The molecule has 0 bridgehead atoms. The fraction of sp³-hybridized carbons (Fsp3) is 0.619. The first-order chi connectivity index (χ1) is 14.0. The van der Waals surface area contributed by atoms with Crippen LogP contribution in [0.5, 0.6) is 5.75 Å². The SMILES string of the molecule is CC(=O)CCc1ccc(OC2(C(=O)O)CC(O)C(C)C(C(O)C(O)CO)O2)c(C)c1. The highest BCUT2D eigenvalue weighted by Gasteiger charge is 2.55. The normalized spacial score (nSPS) is 28.6. The molecule has 1 aliphatic rings. The third-order valence-electron chi connectivity index (χ3n) is 5.45. The van der Waals surface area contributed by atoms with Gasteiger partial charge in [-0.05, 0) is 37.5 Å². The molecule has 1 fully saturated rings. The van der Waals surface area contributed by atoms with Gasteiger partial charge < -0.3 is 39.8 Å². The number of carboxylic acids is 1. The Hall–Kier alpha value is -2.04. The van der Waals surface area contributed by atoms with E-state index in [1.807, 2.05) is 0 Å². The van der Waals surface area contributed by atoms with Crippen LogP contribution in [-0.2, 0) is 20.7 Å². The number of hydrogen-bond donors (Lipinski definition) is 5. The third-order valence-corrected chi connectivity index (χ3v) is 5.45. The summed E-state index contributed by atoms with van der Waals surface area (Å²) in [5, 5.41) is 49.4. The van der Waals surface area contributed by atoms with Crippen molar-refractivity contribution in [1.29, 1.82) is 0 Å². The molecule has 1 aromatic rings. The zero-order chi connectivity index (χ0) is 22.6. The fourth-order valence-corrected chi connectivity index (χ4v) is 3.49. The molecule has 1 heterocycles. The fourth-order valence-electron chi connectivity index (χ4n) is 3.49. The Morgan fingerprint density at radius 1 is 1.33 bits per heavy atom. The minimum absolute atomic E-state index is 0.0613. The van der Waals surface area contributed by atoms with Crippen molar-refractivity contribution in [2.24, 2.45) is 5.92 Å². The highest BCUT2D eigenvalue weighted by atomic mass is 16.7. The molecule has 30 heavy (non-hydrogen) atoms. The number of benzene rings is 1. The Balaban J connectivity index is 2.31. The molecule has 0 radical (unpaired) electrons. The van der Waals surface area contributed by atoms with E-state index >= 15 is 0 Å². The monoisotopic (exact) mass is 426 g/mol. The van der Waals surface area contributed by atoms with Gasteiger partial charge in [-0.25, -0.2) is 4.79 Å². The van der Waals surface area contributed by atoms with E-state index in [1.165, 1.54) is 6.92 Å². The van der Waals surface area contributed by atoms with E-state index in [0.717, 1.165) is 5.56 Å². The van der Waals surface area contributed by atoms with Crippen molar-refractivity contribution in [3.05, 3.63) is 29.3 Å². The van der Waals surface area contributed by atoms with Gasteiger partial charge >= 0.3 is 11.8 Å². The number of carboxylic acid groups (broad SMARTS) is 1. The van der Waals surface area contributed by atoms with Gasteiger partial charge in [0.05, 0.1) is 25.2 Å². The first-order valence-corrected chi connectivity index (χ1v) is 9.85. The molecular formula is C21H30O9. The summed E-state index contributed by atoms with van der Waals surface area (Å²) in [6, 6.07) is 5.05. The van der Waals surface area contributed by atoms with Gasteiger partial charge in [0.1, 0.15) is 23.7 Å². The summed E-state index contributed by atoms with van der Waals surface area (Å²) in [6.07, 6.45) is -5.15. The van der Waals surface area contributed by atoms with Crippen LogP contribution in [0.15, 0.2) is 18.2 Å². The van der Waals surface area contributed by atoms with E-state index in [1.54, 1.807) is 32.0 Å².